The molecule has 0 amide bonds. The number of aromatic nitrogens is 2. The van der Waals surface area contributed by atoms with Crippen molar-refractivity contribution in [3.8, 4) is 44.7 Å². The molecule has 0 aliphatic heterocycles. The molecule has 2 N–H and O–H groups in total. The number of thiazole rings is 1. The standard InChI is InChI=1S/C23H17NO2.C23H15NOS.Zn/c2*25-21-12-11-18(17-10-9-15-5-1-2-6-16(15)13-17)14-19(21)23-24-20-7-3-4-8-22(20)26-23;/h1-16,25H;1-14,25H;. The molecule has 2 atom stereocenters. The molecule has 6 aromatic carbocycles. The summed E-state index contributed by atoms with van der Waals surface area (Å²) >= 11 is 1.60. The molecule has 2 heterocycles. The van der Waals surface area contributed by atoms with Crippen molar-refractivity contribution in [3.63, 3.8) is 0 Å². The van der Waals surface area contributed by atoms with Crippen LogP contribution in [0.1, 0.15) is 5.56 Å². The molecule has 0 saturated heterocycles. The van der Waals surface area contributed by atoms with Crippen molar-refractivity contribution < 1.29 is 34.1 Å². The summed E-state index contributed by atoms with van der Waals surface area (Å²) in [4.78, 5) is 9.20. The second-order valence-electron chi connectivity index (χ2n) is 12.9. The van der Waals surface area contributed by atoms with Crippen LogP contribution in [0, 0.1) is 11.8 Å². The van der Waals surface area contributed by atoms with E-state index in [-0.39, 0.29) is 31.0 Å². The minimum Gasteiger partial charge on any atom is -0.507 e. The van der Waals surface area contributed by atoms with E-state index in [0.29, 0.717) is 28.9 Å². The zero-order valence-corrected chi connectivity index (χ0v) is 32.4. The zero-order chi connectivity index (χ0) is 35.0. The fourth-order valence-corrected chi connectivity index (χ4v) is 7.78. The number of allylic oxidation sites excluding steroid dienone is 8. The molecule has 0 fully saturated rings. The van der Waals surface area contributed by atoms with Gasteiger partial charge in [0.25, 0.3) is 0 Å². The quantitative estimate of drug-likeness (QED) is 0.175. The van der Waals surface area contributed by atoms with E-state index in [4.69, 9.17) is 4.42 Å². The Morgan fingerprint density at radius 2 is 1.23 bits per heavy atom. The Kier molecular flexibility index (Phi) is 9.45. The number of hydrogen-bond donors (Lipinski definition) is 2. The number of hydrogen-bond acceptors (Lipinski definition) is 6. The Morgan fingerprint density at radius 1 is 0.566 bits per heavy atom. The molecule has 2 aliphatic carbocycles. The average Bonchev–Trinajstić information content (AvgIpc) is 3.83. The van der Waals surface area contributed by atoms with Gasteiger partial charge < -0.3 is 14.6 Å². The molecule has 8 aromatic rings. The first kappa shape index (κ1) is 34.2. The third-order valence-electron chi connectivity index (χ3n) is 9.55. The van der Waals surface area contributed by atoms with Crippen molar-refractivity contribution >= 4 is 49.0 Å². The second-order valence-corrected chi connectivity index (χ2v) is 13.9. The van der Waals surface area contributed by atoms with E-state index >= 15 is 0 Å². The van der Waals surface area contributed by atoms with Crippen molar-refractivity contribution in [2.24, 2.45) is 11.8 Å². The molecule has 5 nitrogen and oxygen atoms in total. The summed E-state index contributed by atoms with van der Waals surface area (Å²) in [6.07, 6.45) is 15.3. The van der Waals surface area contributed by atoms with Crippen LogP contribution in [-0.4, -0.2) is 20.2 Å². The number of para-hydroxylation sites is 3. The summed E-state index contributed by atoms with van der Waals surface area (Å²) in [6, 6.07) is 41.7. The fraction of sp³-hybridized carbons (Fsp3) is 0.0435. The molecular weight excluding hydrogens is 726 g/mol. The van der Waals surface area contributed by atoms with Gasteiger partial charge in [-0.25, -0.2) is 9.97 Å². The normalized spacial score (nSPS) is 15.8. The van der Waals surface area contributed by atoms with Gasteiger partial charge in [0.05, 0.1) is 21.3 Å². The summed E-state index contributed by atoms with van der Waals surface area (Å²) in [5.41, 5.74) is 8.22. The van der Waals surface area contributed by atoms with E-state index in [9.17, 15) is 10.2 Å². The number of oxazole rings is 1. The minimum atomic E-state index is 0. The maximum atomic E-state index is 10.4. The average molecular weight is 758 g/mol. The maximum absolute atomic E-state index is 10.4. The van der Waals surface area contributed by atoms with Crippen LogP contribution >= 0.6 is 11.3 Å². The van der Waals surface area contributed by atoms with Crippen molar-refractivity contribution in [2.75, 3.05) is 0 Å². The van der Waals surface area contributed by atoms with E-state index < -0.39 is 0 Å². The summed E-state index contributed by atoms with van der Waals surface area (Å²) in [6.45, 7) is 0. The monoisotopic (exact) mass is 756 g/mol. The first-order chi connectivity index (χ1) is 25.6. The van der Waals surface area contributed by atoms with Gasteiger partial charge in [-0.1, -0.05) is 115 Å². The van der Waals surface area contributed by atoms with Crippen LogP contribution in [0.15, 0.2) is 174 Å². The summed E-state index contributed by atoms with van der Waals surface area (Å²) < 4.78 is 6.96. The van der Waals surface area contributed by atoms with E-state index in [1.165, 1.54) is 10.8 Å². The van der Waals surface area contributed by atoms with Crippen LogP contribution in [0.3, 0.4) is 0 Å². The Bertz CT molecular complexity index is 2690. The Hall–Kier alpha value is -5.88. The smallest absolute Gasteiger partial charge is 0.231 e. The number of phenols is 2. The molecular formula is C46H32N2O3SZn. The van der Waals surface area contributed by atoms with Gasteiger partial charge in [0.2, 0.25) is 5.89 Å². The largest absolute Gasteiger partial charge is 0.507 e. The van der Waals surface area contributed by atoms with Gasteiger partial charge in [-0.2, -0.15) is 0 Å². The minimum absolute atomic E-state index is 0. The Balaban J connectivity index is 0.000000148. The summed E-state index contributed by atoms with van der Waals surface area (Å²) in [7, 11) is 0. The third kappa shape index (κ3) is 6.89. The van der Waals surface area contributed by atoms with Crippen LogP contribution < -0.4 is 0 Å². The number of fused-ring (bicyclic) bond motifs is 4. The fourth-order valence-electron chi connectivity index (χ4n) is 6.79. The van der Waals surface area contributed by atoms with E-state index in [1.54, 1.807) is 23.5 Å². The molecule has 2 unspecified atom stereocenters. The van der Waals surface area contributed by atoms with Gasteiger partial charge in [0.15, 0.2) is 5.58 Å². The molecule has 7 heteroatoms. The van der Waals surface area contributed by atoms with Gasteiger partial charge in [-0.3, -0.25) is 0 Å². The Labute approximate surface area is 323 Å². The zero-order valence-electron chi connectivity index (χ0n) is 28.6. The van der Waals surface area contributed by atoms with Crippen molar-refractivity contribution in [3.05, 3.63) is 175 Å². The van der Waals surface area contributed by atoms with Crippen LogP contribution in [0.5, 0.6) is 11.5 Å². The molecule has 0 spiro atoms. The van der Waals surface area contributed by atoms with Gasteiger partial charge >= 0.3 is 0 Å². The number of phenolic OH excluding ortho intramolecular Hbond substituents is 2. The third-order valence-corrected chi connectivity index (χ3v) is 10.6. The van der Waals surface area contributed by atoms with E-state index in [1.807, 2.05) is 72.8 Å². The molecule has 0 bridgehead atoms. The number of aromatic hydroxyl groups is 2. The number of benzene rings is 6. The van der Waals surface area contributed by atoms with Crippen LogP contribution in [-0.2, 0) is 19.5 Å². The maximum Gasteiger partial charge on any atom is 0.231 e. The molecule has 2 aliphatic rings. The van der Waals surface area contributed by atoms with Gasteiger partial charge in [0, 0.05) is 31.3 Å². The van der Waals surface area contributed by atoms with Crippen molar-refractivity contribution in [1.82, 2.24) is 9.97 Å². The molecule has 53 heavy (non-hydrogen) atoms. The van der Waals surface area contributed by atoms with Gasteiger partial charge in [-0.15, -0.1) is 11.3 Å². The Morgan fingerprint density at radius 3 is 2.06 bits per heavy atom. The topological polar surface area (TPSA) is 79.4 Å². The van der Waals surface area contributed by atoms with Crippen LogP contribution in [0.4, 0.5) is 0 Å². The number of nitrogens with zero attached hydrogens (tertiary/aromatic N) is 2. The predicted octanol–water partition coefficient (Wildman–Crippen LogP) is 12.0. The van der Waals surface area contributed by atoms with Crippen LogP contribution in [0.2, 0.25) is 0 Å². The second kappa shape index (κ2) is 14.6. The summed E-state index contributed by atoms with van der Waals surface area (Å²) in [5, 5.41) is 24.0. The first-order valence-corrected chi connectivity index (χ1v) is 18.0. The molecule has 2 aromatic heterocycles. The van der Waals surface area contributed by atoms with Gasteiger partial charge in [-0.05, 0) is 87.6 Å². The molecule has 0 radical (unpaired) electrons. The molecule has 10 rings (SSSR count). The SMILES string of the molecule is Oc1ccc(-c2ccc3ccccc3c2)cc1-c1nc2ccccc2s1.Oc1ccc(C2=CC3C=CC=CC3C=C2)cc1-c1nc2ccccc2o1.[Zn]. The van der Waals surface area contributed by atoms with E-state index in [2.05, 4.69) is 95.0 Å². The van der Waals surface area contributed by atoms with Gasteiger partial charge in [0.1, 0.15) is 22.0 Å². The van der Waals surface area contributed by atoms with Crippen molar-refractivity contribution in [1.29, 1.82) is 0 Å². The molecule has 252 valence electrons. The van der Waals surface area contributed by atoms with Crippen molar-refractivity contribution in [2.45, 2.75) is 0 Å². The predicted molar refractivity (Wildman–Crippen MR) is 213 cm³/mol. The first-order valence-electron chi connectivity index (χ1n) is 17.2. The van der Waals surface area contributed by atoms with E-state index in [0.717, 1.165) is 48.6 Å². The van der Waals surface area contributed by atoms with Crippen LogP contribution in [0.25, 0.3) is 70.8 Å². The molecule has 0 saturated carbocycles. The summed E-state index contributed by atoms with van der Waals surface area (Å²) in [5.74, 6) is 1.66. The number of rotatable bonds is 4.